The number of aromatic amines is 1. The zero-order chi connectivity index (χ0) is 12.9. The van der Waals surface area contributed by atoms with Crippen LogP contribution in [0, 0.1) is 0 Å². The summed E-state index contributed by atoms with van der Waals surface area (Å²) in [7, 11) is 0. The average molecular weight is 255 g/mol. The van der Waals surface area contributed by atoms with Gasteiger partial charge in [-0.05, 0) is 6.42 Å². The van der Waals surface area contributed by atoms with Crippen LogP contribution in [0.1, 0.15) is 39.8 Å². The lowest BCUT2D eigenvalue weighted by atomic mass is 10.2. The maximum atomic E-state index is 11.6. The van der Waals surface area contributed by atoms with Crippen LogP contribution >= 0.6 is 11.8 Å². The second-order valence-corrected chi connectivity index (χ2v) is 6.78. The van der Waals surface area contributed by atoms with Gasteiger partial charge in [-0.3, -0.25) is 9.89 Å². The first-order valence-corrected chi connectivity index (χ1v) is 6.87. The smallest absolute Gasteiger partial charge is 0.235 e. The summed E-state index contributed by atoms with van der Waals surface area (Å²) in [5, 5.41) is 9.76. The molecule has 0 atom stereocenters. The highest BCUT2D eigenvalue weighted by Crippen LogP contribution is 2.22. The van der Waals surface area contributed by atoms with E-state index in [1.54, 1.807) is 11.8 Å². The fraction of sp³-hybridized carbons (Fsp3) is 0.667. The van der Waals surface area contributed by atoms with Crippen molar-refractivity contribution in [1.82, 2.24) is 10.2 Å². The summed E-state index contributed by atoms with van der Waals surface area (Å²) in [6.45, 7) is 8.40. The first-order valence-electron chi connectivity index (χ1n) is 5.89. The van der Waals surface area contributed by atoms with Crippen molar-refractivity contribution in [3.05, 3.63) is 11.8 Å². The molecule has 1 aromatic rings. The van der Waals surface area contributed by atoms with E-state index in [4.69, 9.17) is 0 Å². The molecule has 0 radical (unpaired) electrons. The zero-order valence-electron chi connectivity index (χ0n) is 11.0. The molecule has 1 heterocycles. The third kappa shape index (κ3) is 5.77. The monoisotopic (exact) mass is 255 g/mol. The molecule has 1 amide bonds. The Morgan fingerprint density at radius 3 is 2.82 bits per heavy atom. The van der Waals surface area contributed by atoms with E-state index in [2.05, 4.69) is 43.2 Å². The molecule has 0 aliphatic heterocycles. The lowest BCUT2D eigenvalue weighted by molar-refractivity contribution is -0.113. The van der Waals surface area contributed by atoms with Gasteiger partial charge in [0.15, 0.2) is 5.82 Å². The predicted octanol–water partition coefficient (Wildman–Crippen LogP) is 2.83. The van der Waals surface area contributed by atoms with E-state index in [-0.39, 0.29) is 10.7 Å². The molecule has 0 aliphatic carbocycles. The second-order valence-electron chi connectivity index (χ2n) is 4.98. The molecule has 0 spiro atoms. The largest absolute Gasteiger partial charge is 0.308 e. The first kappa shape index (κ1) is 14.1. The Bertz CT molecular complexity index is 368. The van der Waals surface area contributed by atoms with Crippen molar-refractivity contribution < 1.29 is 4.79 Å². The maximum absolute atomic E-state index is 11.6. The van der Waals surface area contributed by atoms with E-state index < -0.39 is 0 Å². The number of rotatable bonds is 5. The second kappa shape index (κ2) is 6.10. The summed E-state index contributed by atoms with van der Waals surface area (Å²) in [4.78, 5) is 11.6. The topological polar surface area (TPSA) is 57.8 Å². The lowest BCUT2D eigenvalue weighted by Crippen LogP contribution is -2.19. The lowest BCUT2D eigenvalue weighted by Gasteiger charge is -2.16. The number of carbonyl (C=O) groups excluding carboxylic acids is 1. The minimum absolute atomic E-state index is 0.000488. The molecule has 0 aromatic carbocycles. The molecule has 0 unspecified atom stereocenters. The van der Waals surface area contributed by atoms with Crippen LogP contribution in [0.2, 0.25) is 0 Å². The maximum Gasteiger partial charge on any atom is 0.235 e. The summed E-state index contributed by atoms with van der Waals surface area (Å²) in [5.74, 6) is 1.08. The number of thioether (sulfide) groups is 1. The van der Waals surface area contributed by atoms with E-state index in [9.17, 15) is 4.79 Å². The molecule has 0 saturated carbocycles. The molecule has 4 nitrogen and oxygen atoms in total. The normalized spacial score (nSPS) is 11.5. The Hall–Kier alpha value is -0.970. The average Bonchev–Trinajstić information content (AvgIpc) is 2.62. The van der Waals surface area contributed by atoms with Crippen LogP contribution in [0.25, 0.3) is 0 Å². The van der Waals surface area contributed by atoms with Gasteiger partial charge < -0.3 is 5.32 Å². The van der Waals surface area contributed by atoms with Crippen LogP contribution in [-0.4, -0.2) is 26.6 Å². The minimum atomic E-state index is -0.000488. The number of nitrogens with one attached hydrogen (secondary N) is 2. The quantitative estimate of drug-likeness (QED) is 0.850. The van der Waals surface area contributed by atoms with Crippen molar-refractivity contribution in [2.75, 3.05) is 11.1 Å². The van der Waals surface area contributed by atoms with Gasteiger partial charge in [0.05, 0.1) is 5.75 Å². The SMILES string of the molecule is CCCc1cc(NC(=O)CSC(C)(C)C)n[nH]1. The number of hydrogen-bond acceptors (Lipinski definition) is 3. The summed E-state index contributed by atoms with van der Waals surface area (Å²) in [6.07, 6.45) is 2.02. The summed E-state index contributed by atoms with van der Waals surface area (Å²) < 4.78 is 0.107. The summed E-state index contributed by atoms with van der Waals surface area (Å²) in [6, 6.07) is 1.89. The van der Waals surface area contributed by atoms with Gasteiger partial charge >= 0.3 is 0 Å². The number of H-pyrrole nitrogens is 1. The number of hydrogen-bond donors (Lipinski definition) is 2. The van der Waals surface area contributed by atoms with E-state index in [0.29, 0.717) is 11.6 Å². The number of amides is 1. The number of aryl methyl sites for hydroxylation is 1. The summed E-state index contributed by atoms with van der Waals surface area (Å²) >= 11 is 1.63. The third-order valence-electron chi connectivity index (χ3n) is 2.05. The van der Waals surface area contributed by atoms with Gasteiger partial charge in [-0.25, -0.2) is 0 Å². The fourth-order valence-electron chi connectivity index (χ4n) is 1.28. The summed E-state index contributed by atoms with van der Waals surface area (Å²) in [5.41, 5.74) is 1.06. The fourth-order valence-corrected chi connectivity index (χ4v) is 1.92. The van der Waals surface area contributed by atoms with Crippen molar-refractivity contribution in [2.24, 2.45) is 0 Å². The van der Waals surface area contributed by atoms with E-state index >= 15 is 0 Å². The van der Waals surface area contributed by atoms with Crippen molar-refractivity contribution >= 4 is 23.5 Å². The predicted molar refractivity (Wildman–Crippen MR) is 73.4 cm³/mol. The van der Waals surface area contributed by atoms with Crippen LogP contribution in [0.15, 0.2) is 6.07 Å². The Morgan fingerprint density at radius 2 is 2.24 bits per heavy atom. The van der Waals surface area contributed by atoms with Gasteiger partial charge in [-0.1, -0.05) is 34.1 Å². The van der Waals surface area contributed by atoms with Gasteiger partial charge in [-0.15, -0.1) is 11.8 Å². The molecule has 1 aromatic heterocycles. The van der Waals surface area contributed by atoms with Gasteiger partial charge in [-0.2, -0.15) is 5.10 Å². The van der Waals surface area contributed by atoms with Crippen molar-refractivity contribution in [1.29, 1.82) is 0 Å². The molecule has 0 fully saturated rings. The minimum Gasteiger partial charge on any atom is -0.308 e. The van der Waals surface area contributed by atoms with Crippen LogP contribution in [-0.2, 0) is 11.2 Å². The molecular formula is C12H21N3OS. The van der Waals surface area contributed by atoms with Gasteiger partial charge in [0.1, 0.15) is 0 Å². The zero-order valence-corrected chi connectivity index (χ0v) is 11.8. The Kier molecular flexibility index (Phi) is 5.05. The number of nitrogens with zero attached hydrogens (tertiary/aromatic N) is 1. The molecular weight excluding hydrogens is 234 g/mol. The number of carbonyl (C=O) groups is 1. The Balaban J connectivity index is 2.39. The standard InChI is InChI=1S/C12H21N3OS/c1-5-6-9-7-10(15-14-9)13-11(16)8-17-12(2,3)4/h7H,5-6,8H2,1-4H3,(H2,13,14,15,16). The van der Waals surface area contributed by atoms with Crippen LogP contribution in [0.4, 0.5) is 5.82 Å². The van der Waals surface area contributed by atoms with Crippen LogP contribution in [0.3, 0.4) is 0 Å². The Labute approximate surface area is 107 Å². The van der Waals surface area contributed by atoms with Crippen LogP contribution in [0.5, 0.6) is 0 Å². The van der Waals surface area contributed by atoms with E-state index in [1.807, 2.05) is 6.07 Å². The Morgan fingerprint density at radius 1 is 1.53 bits per heavy atom. The molecule has 0 saturated heterocycles. The molecule has 17 heavy (non-hydrogen) atoms. The molecule has 0 bridgehead atoms. The highest BCUT2D eigenvalue weighted by Gasteiger charge is 2.14. The molecule has 0 aliphatic rings. The third-order valence-corrected chi connectivity index (χ3v) is 3.33. The highest BCUT2D eigenvalue weighted by atomic mass is 32.2. The van der Waals surface area contributed by atoms with Crippen LogP contribution < -0.4 is 5.32 Å². The van der Waals surface area contributed by atoms with Crippen molar-refractivity contribution in [3.63, 3.8) is 0 Å². The van der Waals surface area contributed by atoms with Crippen molar-refractivity contribution in [2.45, 2.75) is 45.3 Å². The molecule has 5 heteroatoms. The van der Waals surface area contributed by atoms with Gasteiger partial charge in [0.25, 0.3) is 0 Å². The molecule has 1 rings (SSSR count). The van der Waals surface area contributed by atoms with E-state index in [1.165, 1.54) is 0 Å². The highest BCUT2D eigenvalue weighted by molar-refractivity contribution is 8.01. The number of anilines is 1. The molecule has 96 valence electrons. The van der Waals surface area contributed by atoms with Gasteiger partial charge in [0.2, 0.25) is 5.91 Å². The number of aromatic nitrogens is 2. The molecule has 2 N–H and O–H groups in total. The van der Waals surface area contributed by atoms with Gasteiger partial charge in [0, 0.05) is 16.5 Å². The van der Waals surface area contributed by atoms with E-state index in [0.717, 1.165) is 18.5 Å². The van der Waals surface area contributed by atoms with Crippen molar-refractivity contribution in [3.8, 4) is 0 Å². The first-order chi connectivity index (χ1) is 7.90.